The maximum atomic E-state index is 12.8. The Bertz CT molecular complexity index is 718. The molecule has 0 saturated carbocycles. The van der Waals surface area contributed by atoms with Gasteiger partial charge < -0.3 is 15.1 Å². The summed E-state index contributed by atoms with van der Waals surface area (Å²) in [6.45, 7) is 3.87. The van der Waals surface area contributed by atoms with Crippen LogP contribution in [0.1, 0.15) is 43.2 Å². The third-order valence-corrected chi connectivity index (χ3v) is 5.08. The minimum atomic E-state index is -0.139. The summed E-state index contributed by atoms with van der Waals surface area (Å²) in [5, 5.41) is 19.4. The van der Waals surface area contributed by atoms with Crippen molar-refractivity contribution in [3.63, 3.8) is 0 Å². The largest absolute Gasteiger partial charge is 0.508 e. The number of rotatable bonds is 4. The van der Waals surface area contributed by atoms with Crippen LogP contribution in [0.2, 0.25) is 0 Å². The summed E-state index contributed by atoms with van der Waals surface area (Å²) < 4.78 is 0. The fourth-order valence-corrected chi connectivity index (χ4v) is 3.44. The van der Waals surface area contributed by atoms with Crippen molar-refractivity contribution in [3.05, 3.63) is 59.7 Å². The molecule has 2 N–H and O–H groups in total. The van der Waals surface area contributed by atoms with Crippen LogP contribution in [0.25, 0.3) is 0 Å². The van der Waals surface area contributed by atoms with Crippen molar-refractivity contribution < 1.29 is 15.0 Å². The zero-order valence-electron chi connectivity index (χ0n) is 14.6. The Balaban J connectivity index is 1.83. The Morgan fingerprint density at radius 1 is 1.04 bits per heavy atom. The first-order valence-electron chi connectivity index (χ1n) is 8.88. The maximum Gasteiger partial charge on any atom is 0.223 e. The standard InChI is InChI=1S/C21H25NO3/c1-15-9-11-22(12-10-15)21(25)14-20(16-5-7-18(23)8-6-16)17-3-2-4-19(24)13-17/h2-8,13,15,20,23-24H,9-12,14H2,1H3/t20-/m0/s1. The molecule has 1 amide bonds. The fourth-order valence-electron chi connectivity index (χ4n) is 3.44. The predicted molar refractivity (Wildman–Crippen MR) is 97.7 cm³/mol. The first-order valence-corrected chi connectivity index (χ1v) is 8.88. The van der Waals surface area contributed by atoms with Gasteiger partial charge in [-0.25, -0.2) is 0 Å². The molecular formula is C21H25NO3. The highest BCUT2D eigenvalue weighted by molar-refractivity contribution is 5.78. The average Bonchev–Trinajstić information content (AvgIpc) is 2.61. The number of piperidine rings is 1. The van der Waals surface area contributed by atoms with E-state index in [4.69, 9.17) is 0 Å². The number of carbonyl (C=O) groups excluding carboxylic acids is 1. The number of hydrogen-bond donors (Lipinski definition) is 2. The second kappa shape index (κ2) is 7.60. The SMILES string of the molecule is CC1CCN(C(=O)C[C@@H](c2ccc(O)cc2)c2cccc(O)c2)CC1. The van der Waals surface area contributed by atoms with E-state index in [0.29, 0.717) is 12.3 Å². The highest BCUT2D eigenvalue weighted by Gasteiger charge is 2.25. The quantitative estimate of drug-likeness (QED) is 0.889. The minimum absolute atomic E-state index is 0.139. The average molecular weight is 339 g/mol. The van der Waals surface area contributed by atoms with E-state index in [9.17, 15) is 15.0 Å². The molecule has 1 aliphatic rings. The van der Waals surface area contributed by atoms with E-state index in [0.717, 1.165) is 37.1 Å². The lowest BCUT2D eigenvalue weighted by molar-refractivity contribution is -0.132. The third-order valence-electron chi connectivity index (χ3n) is 5.08. The van der Waals surface area contributed by atoms with E-state index < -0.39 is 0 Å². The van der Waals surface area contributed by atoms with Crippen molar-refractivity contribution in [2.75, 3.05) is 13.1 Å². The molecule has 2 aromatic carbocycles. The van der Waals surface area contributed by atoms with E-state index in [-0.39, 0.29) is 23.3 Å². The number of likely N-dealkylation sites (tertiary alicyclic amines) is 1. The van der Waals surface area contributed by atoms with Gasteiger partial charge in [0.05, 0.1) is 0 Å². The number of hydrogen-bond acceptors (Lipinski definition) is 3. The molecule has 3 rings (SSSR count). The van der Waals surface area contributed by atoms with E-state index in [1.54, 1.807) is 30.3 Å². The van der Waals surface area contributed by atoms with Crippen LogP contribution in [0.15, 0.2) is 48.5 Å². The maximum absolute atomic E-state index is 12.8. The molecule has 0 aromatic heterocycles. The summed E-state index contributed by atoms with van der Waals surface area (Å²) in [7, 11) is 0. The summed E-state index contributed by atoms with van der Waals surface area (Å²) in [6, 6.07) is 14.0. The topological polar surface area (TPSA) is 60.8 Å². The molecule has 1 aliphatic heterocycles. The number of aromatic hydroxyl groups is 2. The fraction of sp³-hybridized carbons (Fsp3) is 0.381. The van der Waals surface area contributed by atoms with Crippen molar-refractivity contribution in [2.45, 2.75) is 32.1 Å². The van der Waals surface area contributed by atoms with Gasteiger partial charge in [0.25, 0.3) is 0 Å². The molecule has 132 valence electrons. The third kappa shape index (κ3) is 4.32. The monoisotopic (exact) mass is 339 g/mol. The molecule has 0 unspecified atom stereocenters. The van der Waals surface area contributed by atoms with Crippen molar-refractivity contribution in [1.29, 1.82) is 0 Å². The molecule has 1 saturated heterocycles. The second-order valence-electron chi connectivity index (χ2n) is 7.01. The zero-order chi connectivity index (χ0) is 17.8. The van der Waals surface area contributed by atoms with E-state index in [1.807, 2.05) is 23.1 Å². The predicted octanol–water partition coefficient (Wildman–Crippen LogP) is 3.88. The van der Waals surface area contributed by atoms with Crippen molar-refractivity contribution in [2.24, 2.45) is 5.92 Å². The van der Waals surface area contributed by atoms with Crippen molar-refractivity contribution >= 4 is 5.91 Å². The normalized spacial score (nSPS) is 16.6. The van der Waals surface area contributed by atoms with Gasteiger partial charge in [-0.3, -0.25) is 4.79 Å². The zero-order valence-corrected chi connectivity index (χ0v) is 14.6. The van der Waals surface area contributed by atoms with Gasteiger partial charge >= 0.3 is 0 Å². The molecule has 4 heteroatoms. The smallest absolute Gasteiger partial charge is 0.223 e. The van der Waals surface area contributed by atoms with E-state index in [1.165, 1.54) is 0 Å². The summed E-state index contributed by atoms with van der Waals surface area (Å²) in [6.07, 6.45) is 2.48. The Labute approximate surface area is 148 Å². The minimum Gasteiger partial charge on any atom is -0.508 e. The van der Waals surface area contributed by atoms with Gasteiger partial charge in [-0.2, -0.15) is 0 Å². The van der Waals surface area contributed by atoms with E-state index in [2.05, 4.69) is 6.92 Å². The van der Waals surface area contributed by atoms with Crippen molar-refractivity contribution in [3.8, 4) is 11.5 Å². The number of phenolic OH excluding ortho intramolecular Hbond substituents is 2. The number of benzene rings is 2. The summed E-state index contributed by atoms with van der Waals surface area (Å²) in [5.41, 5.74) is 1.87. The summed E-state index contributed by atoms with van der Waals surface area (Å²) >= 11 is 0. The summed E-state index contributed by atoms with van der Waals surface area (Å²) in [5.74, 6) is 1.09. The van der Waals surface area contributed by atoms with Crippen molar-refractivity contribution in [1.82, 2.24) is 4.90 Å². The number of carbonyl (C=O) groups is 1. The molecule has 2 aromatic rings. The van der Waals surface area contributed by atoms with Gasteiger partial charge in [-0.15, -0.1) is 0 Å². The Morgan fingerprint density at radius 3 is 2.36 bits per heavy atom. The highest BCUT2D eigenvalue weighted by atomic mass is 16.3. The first kappa shape index (κ1) is 17.3. The highest BCUT2D eigenvalue weighted by Crippen LogP contribution is 2.32. The Kier molecular flexibility index (Phi) is 5.27. The molecule has 0 radical (unpaired) electrons. The van der Waals surface area contributed by atoms with Gasteiger partial charge in [-0.1, -0.05) is 31.2 Å². The molecule has 0 bridgehead atoms. The van der Waals surface area contributed by atoms with Gasteiger partial charge in [0.15, 0.2) is 0 Å². The van der Waals surface area contributed by atoms with Gasteiger partial charge in [0, 0.05) is 25.4 Å². The van der Waals surface area contributed by atoms with Crippen LogP contribution in [0.5, 0.6) is 11.5 Å². The van der Waals surface area contributed by atoms with Crippen LogP contribution < -0.4 is 0 Å². The number of phenols is 2. The van der Waals surface area contributed by atoms with Crippen LogP contribution in [0, 0.1) is 5.92 Å². The molecule has 1 fully saturated rings. The molecule has 0 aliphatic carbocycles. The first-order chi connectivity index (χ1) is 12.0. The van der Waals surface area contributed by atoms with E-state index >= 15 is 0 Å². The van der Waals surface area contributed by atoms with Crippen LogP contribution >= 0.6 is 0 Å². The van der Waals surface area contributed by atoms with Gasteiger partial charge in [0.1, 0.15) is 11.5 Å². The van der Waals surface area contributed by atoms with Crippen LogP contribution in [0.4, 0.5) is 0 Å². The lowest BCUT2D eigenvalue weighted by atomic mass is 9.87. The molecule has 0 spiro atoms. The summed E-state index contributed by atoms with van der Waals surface area (Å²) in [4.78, 5) is 14.8. The Morgan fingerprint density at radius 2 is 1.72 bits per heavy atom. The molecule has 1 heterocycles. The molecule has 4 nitrogen and oxygen atoms in total. The van der Waals surface area contributed by atoms with Crippen LogP contribution in [-0.2, 0) is 4.79 Å². The lowest BCUT2D eigenvalue weighted by Gasteiger charge is -2.31. The lowest BCUT2D eigenvalue weighted by Crippen LogP contribution is -2.38. The Hall–Kier alpha value is -2.49. The van der Waals surface area contributed by atoms with Gasteiger partial charge in [-0.05, 0) is 54.2 Å². The molecule has 25 heavy (non-hydrogen) atoms. The van der Waals surface area contributed by atoms with Crippen LogP contribution in [0.3, 0.4) is 0 Å². The number of amides is 1. The molecular weight excluding hydrogens is 314 g/mol. The van der Waals surface area contributed by atoms with Gasteiger partial charge in [0.2, 0.25) is 5.91 Å². The second-order valence-corrected chi connectivity index (χ2v) is 7.01. The number of nitrogens with zero attached hydrogens (tertiary/aromatic N) is 1. The molecule has 1 atom stereocenters. The van der Waals surface area contributed by atoms with Crippen LogP contribution in [-0.4, -0.2) is 34.1 Å².